The lowest BCUT2D eigenvalue weighted by molar-refractivity contribution is -0.123. The number of rotatable bonds is 6. The molecule has 2 amide bonds. The van der Waals surface area contributed by atoms with Gasteiger partial charge in [-0.1, -0.05) is 29.8 Å². The van der Waals surface area contributed by atoms with Gasteiger partial charge in [-0.3, -0.25) is 14.5 Å². The molecule has 1 heterocycles. The highest BCUT2D eigenvalue weighted by Crippen LogP contribution is 2.39. The third kappa shape index (κ3) is 4.37. The van der Waals surface area contributed by atoms with Crippen LogP contribution in [0.1, 0.15) is 18.1 Å². The Labute approximate surface area is 180 Å². The average Bonchev–Trinajstić information content (AvgIpc) is 2.92. The average molecular weight is 483 g/mol. The fourth-order valence-electron chi connectivity index (χ4n) is 2.69. The number of ether oxygens (including phenoxy) is 2. The van der Waals surface area contributed by atoms with E-state index in [1.54, 1.807) is 37.5 Å². The number of halogens is 2. The third-order valence-electron chi connectivity index (χ3n) is 4.00. The Bertz CT molecular complexity index is 963. The largest absolute Gasteiger partial charge is 0.493 e. The molecule has 5 nitrogen and oxygen atoms in total. The monoisotopic (exact) mass is 481 g/mol. The van der Waals surface area contributed by atoms with Crippen molar-refractivity contribution in [2.24, 2.45) is 0 Å². The molecular weight excluding hydrogens is 466 g/mol. The highest BCUT2D eigenvalue weighted by molar-refractivity contribution is 9.10. The number of benzene rings is 2. The van der Waals surface area contributed by atoms with Crippen LogP contribution in [-0.4, -0.2) is 29.8 Å². The first-order valence-electron chi connectivity index (χ1n) is 8.43. The van der Waals surface area contributed by atoms with Crippen LogP contribution in [0.3, 0.4) is 0 Å². The smallest absolute Gasteiger partial charge is 0.293 e. The molecule has 0 bridgehead atoms. The maximum Gasteiger partial charge on any atom is 0.293 e. The Hall–Kier alpha value is -1.96. The van der Waals surface area contributed by atoms with E-state index in [2.05, 4.69) is 15.9 Å². The molecule has 2 aromatic rings. The van der Waals surface area contributed by atoms with Gasteiger partial charge in [0.25, 0.3) is 11.1 Å². The zero-order valence-corrected chi connectivity index (χ0v) is 18.4. The Balaban J connectivity index is 1.87. The van der Waals surface area contributed by atoms with Crippen LogP contribution in [0.5, 0.6) is 11.5 Å². The minimum absolute atomic E-state index is 0.137. The normalized spacial score (nSPS) is 15.4. The van der Waals surface area contributed by atoms with E-state index in [0.717, 1.165) is 22.9 Å². The van der Waals surface area contributed by atoms with Gasteiger partial charge in [0, 0.05) is 5.02 Å². The van der Waals surface area contributed by atoms with Crippen molar-refractivity contribution < 1.29 is 19.1 Å². The number of carbonyl (C=O) groups is 2. The topological polar surface area (TPSA) is 55.8 Å². The van der Waals surface area contributed by atoms with Crippen molar-refractivity contribution in [2.45, 2.75) is 13.5 Å². The van der Waals surface area contributed by atoms with E-state index >= 15 is 0 Å². The maximum absolute atomic E-state index is 12.8. The van der Waals surface area contributed by atoms with Gasteiger partial charge in [0.05, 0.1) is 29.6 Å². The zero-order chi connectivity index (χ0) is 20.3. The fraction of sp³-hybridized carbons (Fsp3) is 0.200. The van der Waals surface area contributed by atoms with E-state index in [1.165, 1.54) is 4.90 Å². The summed E-state index contributed by atoms with van der Waals surface area (Å²) in [6.45, 7) is 2.52. The third-order valence-corrected chi connectivity index (χ3v) is 5.86. The van der Waals surface area contributed by atoms with Crippen LogP contribution in [0, 0.1) is 0 Å². The summed E-state index contributed by atoms with van der Waals surface area (Å²) in [4.78, 5) is 26.6. The second-order valence-corrected chi connectivity index (χ2v) is 8.08. The number of hydrogen-bond donors (Lipinski definition) is 0. The van der Waals surface area contributed by atoms with Crippen molar-refractivity contribution in [3.05, 3.63) is 61.9 Å². The van der Waals surface area contributed by atoms with E-state index in [1.807, 2.05) is 19.1 Å². The summed E-state index contributed by atoms with van der Waals surface area (Å²) in [6.07, 6.45) is 1.67. The van der Waals surface area contributed by atoms with Gasteiger partial charge in [-0.25, -0.2) is 0 Å². The Kier molecular flexibility index (Phi) is 6.69. The maximum atomic E-state index is 12.8. The molecule has 0 saturated carbocycles. The molecule has 0 aliphatic carbocycles. The summed E-state index contributed by atoms with van der Waals surface area (Å²) < 4.78 is 11.7. The molecule has 3 rings (SSSR count). The number of methoxy groups -OCH3 is 1. The number of imide groups is 1. The van der Waals surface area contributed by atoms with E-state index in [0.29, 0.717) is 32.5 Å². The molecule has 0 aromatic heterocycles. The quantitative estimate of drug-likeness (QED) is 0.491. The number of carbonyl (C=O) groups excluding carboxylic acids is 2. The Morgan fingerprint density at radius 1 is 1.25 bits per heavy atom. The molecule has 1 saturated heterocycles. The van der Waals surface area contributed by atoms with Crippen molar-refractivity contribution in [3.8, 4) is 11.5 Å². The molecular formula is C20H17BrClNO4S. The predicted molar refractivity (Wildman–Crippen MR) is 115 cm³/mol. The van der Waals surface area contributed by atoms with Crippen molar-refractivity contribution >= 4 is 56.5 Å². The molecule has 1 aliphatic heterocycles. The lowest BCUT2D eigenvalue weighted by Crippen LogP contribution is -2.27. The lowest BCUT2D eigenvalue weighted by Gasteiger charge is -2.13. The molecule has 1 fully saturated rings. The van der Waals surface area contributed by atoms with Crippen molar-refractivity contribution in [1.82, 2.24) is 4.90 Å². The van der Waals surface area contributed by atoms with Gasteiger partial charge in [0.1, 0.15) is 0 Å². The van der Waals surface area contributed by atoms with Crippen LogP contribution in [0.4, 0.5) is 4.79 Å². The highest BCUT2D eigenvalue weighted by Gasteiger charge is 2.35. The number of amides is 2. The van der Waals surface area contributed by atoms with Crippen LogP contribution in [0.25, 0.3) is 6.08 Å². The first kappa shape index (κ1) is 20.8. The van der Waals surface area contributed by atoms with Crippen molar-refractivity contribution in [3.63, 3.8) is 0 Å². The zero-order valence-electron chi connectivity index (χ0n) is 15.2. The Morgan fingerprint density at radius 3 is 2.68 bits per heavy atom. The molecule has 1 aliphatic rings. The molecule has 28 heavy (non-hydrogen) atoms. The minimum Gasteiger partial charge on any atom is -0.493 e. The van der Waals surface area contributed by atoms with Crippen LogP contribution >= 0.6 is 39.3 Å². The molecule has 8 heteroatoms. The summed E-state index contributed by atoms with van der Waals surface area (Å²) in [5.41, 5.74) is 1.44. The standard InChI is InChI=1S/C20H17BrClNO4S/c1-3-27-18-14(21)8-12(9-16(18)26-2)10-17-19(24)23(20(25)28-17)11-13-6-4-5-7-15(13)22/h4-10H,3,11H2,1-2H3/b17-10+. The van der Waals surface area contributed by atoms with Gasteiger partial charge >= 0.3 is 0 Å². The Morgan fingerprint density at radius 2 is 2.00 bits per heavy atom. The molecule has 0 radical (unpaired) electrons. The van der Waals surface area contributed by atoms with Crippen molar-refractivity contribution in [1.29, 1.82) is 0 Å². The van der Waals surface area contributed by atoms with Crippen LogP contribution < -0.4 is 9.47 Å². The van der Waals surface area contributed by atoms with Gasteiger partial charge in [0.2, 0.25) is 0 Å². The van der Waals surface area contributed by atoms with Gasteiger partial charge in [0.15, 0.2) is 11.5 Å². The van der Waals surface area contributed by atoms with E-state index in [9.17, 15) is 9.59 Å². The summed E-state index contributed by atoms with van der Waals surface area (Å²) in [7, 11) is 1.55. The molecule has 2 aromatic carbocycles. The van der Waals surface area contributed by atoms with Gasteiger partial charge in [-0.15, -0.1) is 0 Å². The molecule has 146 valence electrons. The van der Waals surface area contributed by atoms with Gasteiger partial charge in [-0.2, -0.15) is 0 Å². The van der Waals surface area contributed by atoms with Gasteiger partial charge in [-0.05, 0) is 70.0 Å². The highest BCUT2D eigenvalue weighted by atomic mass is 79.9. The second-order valence-electron chi connectivity index (χ2n) is 5.83. The summed E-state index contributed by atoms with van der Waals surface area (Å²) in [6, 6.07) is 10.7. The predicted octanol–water partition coefficient (Wildman–Crippen LogP) is 5.75. The number of thioether (sulfide) groups is 1. The SMILES string of the molecule is CCOc1c(Br)cc(/C=C2/SC(=O)N(Cc3ccccc3Cl)C2=O)cc1OC. The number of nitrogens with zero attached hydrogens (tertiary/aromatic N) is 1. The summed E-state index contributed by atoms with van der Waals surface area (Å²) in [5, 5.41) is 0.193. The number of hydrogen-bond acceptors (Lipinski definition) is 5. The van der Waals surface area contributed by atoms with Crippen molar-refractivity contribution in [2.75, 3.05) is 13.7 Å². The van der Waals surface area contributed by atoms with E-state index < -0.39 is 0 Å². The van der Waals surface area contributed by atoms with E-state index in [4.69, 9.17) is 21.1 Å². The first-order valence-corrected chi connectivity index (χ1v) is 10.4. The lowest BCUT2D eigenvalue weighted by atomic mass is 10.1. The molecule has 0 atom stereocenters. The molecule has 0 unspecified atom stereocenters. The minimum atomic E-state index is -0.348. The molecule has 0 spiro atoms. The first-order chi connectivity index (χ1) is 13.4. The van der Waals surface area contributed by atoms with Crippen LogP contribution in [0.15, 0.2) is 45.8 Å². The summed E-state index contributed by atoms with van der Waals surface area (Å²) >= 11 is 10.5. The van der Waals surface area contributed by atoms with Crippen LogP contribution in [-0.2, 0) is 11.3 Å². The van der Waals surface area contributed by atoms with Gasteiger partial charge < -0.3 is 9.47 Å². The fourth-order valence-corrected chi connectivity index (χ4v) is 4.30. The summed E-state index contributed by atoms with van der Waals surface area (Å²) in [5.74, 6) is 0.783. The van der Waals surface area contributed by atoms with E-state index in [-0.39, 0.29) is 17.7 Å². The second kappa shape index (κ2) is 9.03. The molecule has 0 N–H and O–H groups in total. The van der Waals surface area contributed by atoms with Crippen LogP contribution in [0.2, 0.25) is 5.02 Å².